The van der Waals surface area contributed by atoms with Gasteiger partial charge in [0, 0.05) is 17.8 Å². The first kappa shape index (κ1) is 17.5. The molecule has 0 unspecified atom stereocenters. The molecule has 2 aromatic rings. The smallest absolute Gasteiger partial charge is 0.323 e. The largest absolute Gasteiger partial charge is 0.484 e. The van der Waals surface area contributed by atoms with Gasteiger partial charge in [-0.15, -0.1) is 0 Å². The monoisotopic (exact) mass is 358 g/mol. The number of hydrogen-bond acceptors (Lipinski definition) is 5. The molecule has 1 aromatic carbocycles. The number of aliphatic carboxylic acids is 1. The minimum Gasteiger partial charge on any atom is -0.484 e. The number of amides is 2. The molecule has 0 bridgehead atoms. The van der Waals surface area contributed by atoms with E-state index in [0.717, 1.165) is 12.8 Å². The Labute approximate surface area is 149 Å². The molecule has 3 rings (SSSR count). The van der Waals surface area contributed by atoms with Crippen molar-refractivity contribution in [2.45, 2.75) is 18.9 Å². The number of benzene rings is 1. The zero-order valence-corrected chi connectivity index (χ0v) is 13.9. The maximum atomic E-state index is 12.2. The van der Waals surface area contributed by atoms with Gasteiger partial charge in [-0.05, 0) is 37.1 Å². The van der Waals surface area contributed by atoms with Crippen molar-refractivity contribution >= 4 is 23.5 Å². The Kier molecular flexibility index (Phi) is 5.21. The van der Waals surface area contributed by atoms with E-state index in [2.05, 4.69) is 5.32 Å². The van der Waals surface area contributed by atoms with E-state index in [0.29, 0.717) is 11.4 Å². The standard InChI is InChI=1S/C18H18N2O6/c21-16(20(10-17(22)23)13-6-7-13)11-26-14-4-1-3-12(9-14)19-18(24)15-5-2-8-25-15/h1-5,8-9,13H,6-7,10-11H2,(H,19,24)(H,22,23). The third-order valence-electron chi connectivity index (χ3n) is 3.81. The van der Waals surface area contributed by atoms with Gasteiger partial charge in [-0.25, -0.2) is 0 Å². The number of hydrogen-bond donors (Lipinski definition) is 2. The number of rotatable bonds is 8. The zero-order chi connectivity index (χ0) is 18.5. The predicted octanol–water partition coefficient (Wildman–Crippen LogP) is 1.99. The van der Waals surface area contributed by atoms with Crippen molar-refractivity contribution in [1.29, 1.82) is 0 Å². The zero-order valence-electron chi connectivity index (χ0n) is 13.9. The first-order chi connectivity index (χ1) is 12.5. The molecule has 1 aromatic heterocycles. The van der Waals surface area contributed by atoms with Crippen molar-refractivity contribution in [2.75, 3.05) is 18.5 Å². The summed E-state index contributed by atoms with van der Waals surface area (Å²) in [5.74, 6) is -1.25. The fourth-order valence-electron chi connectivity index (χ4n) is 2.44. The van der Waals surface area contributed by atoms with Crippen molar-refractivity contribution in [2.24, 2.45) is 0 Å². The Bertz CT molecular complexity index is 798. The van der Waals surface area contributed by atoms with Gasteiger partial charge in [0.2, 0.25) is 0 Å². The summed E-state index contributed by atoms with van der Waals surface area (Å²) in [6.07, 6.45) is 3.03. The lowest BCUT2D eigenvalue weighted by Gasteiger charge is -2.20. The van der Waals surface area contributed by atoms with Gasteiger partial charge in [-0.3, -0.25) is 14.4 Å². The number of ether oxygens (including phenoxy) is 1. The minimum absolute atomic E-state index is 0.0129. The molecule has 0 saturated heterocycles. The van der Waals surface area contributed by atoms with Crippen molar-refractivity contribution < 1.29 is 28.6 Å². The highest BCUT2D eigenvalue weighted by Gasteiger charge is 2.33. The van der Waals surface area contributed by atoms with E-state index in [1.54, 1.807) is 36.4 Å². The first-order valence-electron chi connectivity index (χ1n) is 8.12. The third kappa shape index (κ3) is 4.62. The van der Waals surface area contributed by atoms with Gasteiger partial charge in [0.15, 0.2) is 12.4 Å². The van der Waals surface area contributed by atoms with Crippen LogP contribution in [0, 0.1) is 0 Å². The Hall–Kier alpha value is -3.29. The van der Waals surface area contributed by atoms with Crippen molar-refractivity contribution in [3.8, 4) is 5.75 Å². The molecule has 8 nitrogen and oxygen atoms in total. The molecule has 26 heavy (non-hydrogen) atoms. The molecule has 0 radical (unpaired) electrons. The van der Waals surface area contributed by atoms with Crippen LogP contribution in [0.25, 0.3) is 0 Å². The van der Waals surface area contributed by atoms with Crippen molar-refractivity contribution in [3.63, 3.8) is 0 Å². The molecular weight excluding hydrogens is 340 g/mol. The first-order valence-corrected chi connectivity index (χ1v) is 8.12. The number of furan rings is 1. The third-order valence-corrected chi connectivity index (χ3v) is 3.81. The van der Waals surface area contributed by atoms with E-state index in [4.69, 9.17) is 14.3 Å². The second-order valence-corrected chi connectivity index (χ2v) is 5.89. The maximum absolute atomic E-state index is 12.2. The Morgan fingerprint density at radius 3 is 2.69 bits per heavy atom. The van der Waals surface area contributed by atoms with Crippen LogP contribution < -0.4 is 10.1 Å². The summed E-state index contributed by atoms with van der Waals surface area (Å²) in [5, 5.41) is 11.6. The summed E-state index contributed by atoms with van der Waals surface area (Å²) in [6.45, 7) is -0.592. The molecule has 8 heteroatoms. The Morgan fingerprint density at radius 1 is 1.23 bits per heavy atom. The van der Waals surface area contributed by atoms with Crippen LogP contribution in [0.5, 0.6) is 5.75 Å². The van der Waals surface area contributed by atoms with Gasteiger partial charge in [-0.2, -0.15) is 0 Å². The van der Waals surface area contributed by atoms with Gasteiger partial charge in [0.05, 0.1) is 6.26 Å². The molecular formula is C18H18N2O6. The van der Waals surface area contributed by atoms with Crippen LogP contribution in [0.1, 0.15) is 23.4 Å². The van der Waals surface area contributed by atoms with E-state index in [-0.39, 0.29) is 30.9 Å². The maximum Gasteiger partial charge on any atom is 0.323 e. The van der Waals surface area contributed by atoms with Crippen LogP contribution in [0.3, 0.4) is 0 Å². The van der Waals surface area contributed by atoms with Crippen LogP contribution >= 0.6 is 0 Å². The average molecular weight is 358 g/mol. The highest BCUT2D eigenvalue weighted by atomic mass is 16.5. The number of nitrogens with one attached hydrogen (secondary N) is 1. The normalized spacial score (nSPS) is 13.1. The Balaban J connectivity index is 1.57. The minimum atomic E-state index is -1.05. The molecule has 136 valence electrons. The topological polar surface area (TPSA) is 109 Å². The van der Waals surface area contributed by atoms with Gasteiger partial charge in [0.25, 0.3) is 11.8 Å². The predicted molar refractivity (Wildman–Crippen MR) is 91.0 cm³/mol. The molecule has 2 N–H and O–H groups in total. The summed E-state index contributed by atoms with van der Waals surface area (Å²) in [4.78, 5) is 36.4. The van der Waals surface area contributed by atoms with E-state index in [1.807, 2.05) is 0 Å². The summed E-state index contributed by atoms with van der Waals surface area (Å²) < 4.78 is 10.5. The van der Waals surface area contributed by atoms with E-state index in [9.17, 15) is 14.4 Å². The van der Waals surface area contributed by atoms with Gasteiger partial charge in [0.1, 0.15) is 12.3 Å². The SMILES string of the molecule is O=C(O)CN(C(=O)COc1cccc(NC(=O)c2ccco2)c1)C1CC1. The number of carboxylic acids is 1. The average Bonchev–Trinajstić information content (AvgIpc) is 3.30. The molecule has 1 aliphatic rings. The fraction of sp³-hybridized carbons (Fsp3) is 0.278. The fourth-order valence-corrected chi connectivity index (χ4v) is 2.44. The van der Waals surface area contributed by atoms with E-state index in [1.165, 1.54) is 11.2 Å². The molecule has 0 atom stereocenters. The van der Waals surface area contributed by atoms with Crippen molar-refractivity contribution in [3.05, 3.63) is 48.4 Å². The summed E-state index contributed by atoms with van der Waals surface area (Å²) in [6, 6.07) is 9.72. The summed E-state index contributed by atoms with van der Waals surface area (Å²) in [7, 11) is 0. The second-order valence-electron chi connectivity index (χ2n) is 5.89. The van der Waals surface area contributed by atoms with Crippen molar-refractivity contribution in [1.82, 2.24) is 4.90 Å². The number of carbonyl (C=O) groups excluding carboxylic acids is 2. The lowest BCUT2D eigenvalue weighted by molar-refractivity contribution is -0.145. The van der Waals surface area contributed by atoms with Gasteiger partial charge >= 0.3 is 5.97 Å². The molecule has 1 fully saturated rings. The molecule has 0 aliphatic heterocycles. The molecule has 0 spiro atoms. The molecule has 2 amide bonds. The van der Waals surface area contributed by atoms with Crippen LogP contribution in [-0.4, -0.2) is 47.0 Å². The second kappa shape index (κ2) is 7.73. The van der Waals surface area contributed by atoms with Crippen LogP contribution in [-0.2, 0) is 9.59 Å². The van der Waals surface area contributed by atoms with Gasteiger partial charge in [-0.1, -0.05) is 6.07 Å². The molecule has 1 saturated carbocycles. The highest BCUT2D eigenvalue weighted by molar-refractivity contribution is 6.02. The summed E-state index contributed by atoms with van der Waals surface area (Å²) >= 11 is 0. The molecule has 1 aliphatic carbocycles. The van der Waals surface area contributed by atoms with Crippen LogP contribution in [0.4, 0.5) is 5.69 Å². The van der Waals surface area contributed by atoms with Crippen LogP contribution in [0.2, 0.25) is 0 Å². The quantitative estimate of drug-likeness (QED) is 0.747. The lowest BCUT2D eigenvalue weighted by atomic mass is 10.3. The van der Waals surface area contributed by atoms with E-state index < -0.39 is 11.9 Å². The molecule has 1 heterocycles. The lowest BCUT2D eigenvalue weighted by Crippen LogP contribution is -2.40. The Morgan fingerprint density at radius 2 is 2.04 bits per heavy atom. The highest BCUT2D eigenvalue weighted by Crippen LogP contribution is 2.27. The number of anilines is 1. The number of carboxylic acid groups (broad SMARTS) is 1. The number of nitrogens with zero attached hydrogens (tertiary/aromatic N) is 1. The number of carbonyl (C=O) groups is 3. The van der Waals surface area contributed by atoms with Crippen LogP contribution in [0.15, 0.2) is 47.1 Å². The van der Waals surface area contributed by atoms with Gasteiger partial charge < -0.3 is 24.5 Å². The van der Waals surface area contributed by atoms with E-state index >= 15 is 0 Å². The summed E-state index contributed by atoms with van der Waals surface area (Å²) in [5.41, 5.74) is 0.487.